The molecule has 2 heteroatoms. The van der Waals surface area contributed by atoms with Gasteiger partial charge in [-0.15, -0.1) is 0 Å². The summed E-state index contributed by atoms with van der Waals surface area (Å²) in [4.78, 5) is 0. The van der Waals surface area contributed by atoms with Gasteiger partial charge in [0.05, 0.1) is 0 Å². The number of benzene rings is 1. The third kappa shape index (κ3) is 2.65. The van der Waals surface area contributed by atoms with Crippen molar-refractivity contribution in [2.75, 3.05) is 0 Å². The molecule has 1 aromatic heterocycles. The predicted octanol–water partition coefficient (Wildman–Crippen LogP) is 4.09. The molecule has 0 unspecified atom stereocenters. The van der Waals surface area contributed by atoms with Gasteiger partial charge in [-0.05, 0) is 53.6 Å². The smallest absolute Gasteiger partial charge is 0.0216 e. The average molecular weight is 257 g/mol. The molecule has 1 aliphatic carbocycles. The van der Waals surface area contributed by atoms with Crippen LogP contribution in [0.3, 0.4) is 0 Å². The van der Waals surface area contributed by atoms with Gasteiger partial charge in [-0.1, -0.05) is 29.8 Å². The zero-order chi connectivity index (χ0) is 12.4. The van der Waals surface area contributed by atoms with E-state index in [1.807, 2.05) is 0 Å². The van der Waals surface area contributed by atoms with Crippen LogP contribution in [0.15, 0.2) is 41.1 Å². The van der Waals surface area contributed by atoms with Gasteiger partial charge in [0.2, 0.25) is 0 Å². The topological polar surface area (TPSA) is 12.0 Å². The second kappa shape index (κ2) is 5.25. The minimum absolute atomic E-state index is 0.704. The summed E-state index contributed by atoms with van der Waals surface area (Å²) in [6.45, 7) is 3.20. The third-order valence-corrected chi connectivity index (χ3v) is 4.56. The van der Waals surface area contributed by atoms with E-state index in [2.05, 4.69) is 53.3 Å². The van der Waals surface area contributed by atoms with Crippen LogP contribution in [0, 0.1) is 6.92 Å². The molecule has 1 N–H and O–H groups in total. The molecule has 2 aromatic rings. The standard InChI is InChI=1S/C16H19NS/c1-12-3-2-4-14(7-12)15-8-16(9-15)17-10-13-5-6-18-11-13/h2-7,11,15-17H,8-10H2,1H3. The highest BCUT2D eigenvalue weighted by Gasteiger charge is 2.29. The SMILES string of the molecule is Cc1cccc(C2CC(NCc3ccsc3)C2)c1. The van der Waals surface area contributed by atoms with Crippen LogP contribution in [-0.2, 0) is 6.54 Å². The Morgan fingerprint density at radius 1 is 1.28 bits per heavy atom. The van der Waals surface area contributed by atoms with E-state index in [1.165, 1.54) is 29.5 Å². The summed E-state index contributed by atoms with van der Waals surface area (Å²) in [5, 5.41) is 8.01. The van der Waals surface area contributed by atoms with Crippen molar-refractivity contribution in [3.8, 4) is 0 Å². The van der Waals surface area contributed by atoms with Crippen molar-refractivity contribution in [2.45, 2.75) is 38.3 Å². The van der Waals surface area contributed by atoms with Gasteiger partial charge >= 0.3 is 0 Å². The first kappa shape index (κ1) is 11.9. The lowest BCUT2D eigenvalue weighted by atomic mass is 9.75. The van der Waals surface area contributed by atoms with Crippen LogP contribution in [0.25, 0.3) is 0 Å². The molecule has 3 rings (SSSR count). The van der Waals surface area contributed by atoms with Crippen LogP contribution >= 0.6 is 11.3 Å². The fraction of sp³-hybridized carbons (Fsp3) is 0.375. The Balaban J connectivity index is 1.48. The Hall–Kier alpha value is -1.12. The first-order valence-corrected chi connectivity index (χ1v) is 7.56. The van der Waals surface area contributed by atoms with Gasteiger partial charge in [-0.2, -0.15) is 11.3 Å². The molecule has 1 saturated carbocycles. The summed E-state index contributed by atoms with van der Waals surface area (Å²) >= 11 is 1.78. The van der Waals surface area contributed by atoms with Crippen molar-refractivity contribution >= 4 is 11.3 Å². The Labute approximate surface area is 113 Å². The zero-order valence-electron chi connectivity index (χ0n) is 10.7. The molecule has 0 spiro atoms. The number of hydrogen-bond acceptors (Lipinski definition) is 2. The van der Waals surface area contributed by atoms with Crippen molar-refractivity contribution in [3.05, 3.63) is 57.8 Å². The molecule has 0 saturated heterocycles. The number of aryl methyl sites for hydroxylation is 1. The molecular formula is C16H19NS. The van der Waals surface area contributed by atoms with Crippen LogP contribution in [0.2, 0.25) is 0 Å². The summed E-state index contributed by atoms with van der Waals surface area (Å²) in [6, 6.07) is 11.9. The maximum absolute atomic E-state index is 3.64. The van der Waals surface area contributed by atoms with E-state index in [9.17, 15) is 0 Å². The lowest BCUT2D eigenvalue weighted by Crippen LogP contribution is -2.39. The van der Waals surface area contributed by atoms with Crippen molar-refractivity contribution in [3.63, 3.8) is 0 Å². The van der Waals surface area contributed by atoms with E-state index in [0.29, 0.717) is 6.04 Å². The van der Waals surface area contributed by atoms with Gasteiger partial charge in [0.1, 0.15) is 0 Å². The van der Waals surface area contributed by atoms with Crippen LogP contribution in [-0.4, -0.2) is 6.04 Å². The maximum Gasteiger partial charge on any atom is 0.0216 e. The molecular weight excluding hydrogens is 238 g/mol. The van der Waals surface area contributed by atoms with Gasteiger partial charge < -0.3 is 5.32 Å². The molecule has 0 radical (unpaired) electrons. The summed E-state index contributed by atoms with van der Waals surface area (Å²) in [5.74, 6) is 0.768. The third-order valence-electron chi connectivity index (χ3n) is 3.83. The Bertz CT molecular complexity index is 498. The molecule has 1 aliphatic rings. The molecule has 1 aromatic carbocycles. The monoisotopic (exact) mass is 257 g/mol. The Kier molecular flexibility index (Phi) is 3.48. The predicted molar refractivity (Wildman–Crippen MR) is 78.1 cm³/mol. The van der Waals surface area contributed by atoms with E-state index in [-0.39, 0.29) is 0 Å². The van der Waals surface area contributed by atoms with Gasteiger partial charge in [0, 0.05) is 12.6 Å². The van der Waals surface area contributed by atoms with Gasteiger partial charge in [-0.25, -0.2) is 0 Å². The highest BCUT2D eigenvalue weighted by Crippen LogP contribution is 2.37. The van der Waals surface area contributed by atoms with Crippen molar-refractivity contribution in [1.82, 2.24) is 5.32 Å². The Morgan fingerprint density at radius 2 is 2.17 bits per heavy atom. The van der Waals surface area contributed by atoms with E-state index in [1.54, 1.807) is 11.3 Å². The second-order valence-electron chi connectivity index (χ2n) is 5.29. The van der Waals surface area contributed by atoms with E-state index in [0.717, 1.165) is 12.5 Å². The zero-order valence-corrected chi connectivity index (χ0v) is 11.5. The molecule has 1 nitrogen and oxygen atoms in total. The lowest BCUT2D eigenvalue weighted by molar-refractivity contribution is 0.289. The Morgan fingerprint density at radius 3 is 2.89 bits per heavy atom. The number of rotatable bonds is 4. The molecule has 18 heavy (non-hydrogen) atoms. The largest absolute Gasteiger partial charge is 0.310 e. The van der Waals surface area contributed by atoms with E-state index in [4.69, 9.17) is 0 Å². The van der Waals surface area contributed by atoms with E-state index < -0.39 is 0 Å². The van der Waals surface area contributed by atoms with Gasteiger partial charge in [0.15, 0.2) is 0 Å². The average Bonchev–Trinajstić information content (AvgIpc) is 2.80. The highest BCUT2D eigenvalue weighted by atomic mass is 32.1. The first-order chi connectivity index (χ1) is 8.81. The fourth-order valence-corrected chi connectivity index (χ4v) is 3.30. The molecule has 0 aliphatic heterocycles. The summed E-state index contributed by atoms with van der Waals surface area (Å²) < 4.78 is 0. The maximum atomic E-state index is 3.64. The lowest BCUT2D eigenvalue weighted by Gasteiger charge is -2.36. The molecule has 0 atom stereocenters. The summed E-state index contributed by atoms with van der Waals surface area (Å²) in [7, 11) is 0. The molecule has 0 amide bonds. The molecule has 1 fully saturated rings. The molecule has 94 valence electrons. The van der Waals surface area contributed by atoms with Crippen molar-refractivity contribution in [1.29, 1.82) is 0 Å². The van der Waals surface area contributed by atoms with Gasteiger partial charge in [0.25, 0.3) is 0 Å². The van der Waals surface area contributed by atoms with Crippen LogP contribution < -0.4 is 5.32 Å². The van der Waals surface area contributed by atoms with Gasteiger partial charge in [-0.3, -0.25) is 0 Å². The fourth-order valence-electron chi connectivity index (χ4n) is 2.64. The second-order valence-corrected chi connectivity index (χ2v) is 6.07. The quantitative estimate of drug-likeness (QED) is 0.870. The van der Waals surface area contributed by atoms with Crippen LogP contribution in [0.5, 0.6) is 0 Å². The minimum Gasteiger partial charge on any atom is -0.310 e. The minimum atomic E-state index is 0.704. The summed E-state index contributed by atoms with van der Waals surface area (Å²) in [5.41, 5.74) is 4.31. The number of thiophene rings is 1. The molecule has 0 bridgehead atoms. The highest BCUT2D eigenvalue weighted by molar-refractivity contribution is 7.07. The normalized spacial score (nSPS) is 22.7. The number of hydrogen-bond donors (Lipinski definition) is 1. The van der Waals surface area contributed by atoms with Crippen LogP contribution in [0.1, 0.15) is 35.4 Å². The van der Waals surface area contributed by atoms with Crippen molar-refractivity contribution in [2.24, 2.45) is 0 Å². The molecule has 1 heterocycles. The summed E-state index contributed by atoms with van der Waals surface area (Å²) in [6.07, 6.45) is 2.57. The van der Waals surface area contributed by atoms with Crippen LogP contribution in [0.4, 0.5) is 0 Å². The van der Waals surface area contributed by atoms with E-state index >= 15 is 0 Å². The van der Waals surface area contributed by atoms with Crippen molar-refractivity contribution < 1.29 is 0 Å². The number of nitrogens with one attached hydrogen (secondary N) is 1. The first-order valence-electron chi connectivity index (χ1n) is 6.62.